The summed E-state index contributed by atoms with van der Waals surface area (Å²) in [6, 6.07) is -0.0949. The molecule has 3 N–H and O–H groups in total. The van der Waals surface area contributed by atoms with E-state index in [-0.39, 0.29) is 12.5 Å². The maximum absolute atomic E-state index is 10.4. The number of aliphatic carboxylic acids is 1. The number of nitrogens with two attached hydrogens (primary N) is 1. The van der Waals surface area contributed by atoms with Gasteiger partial charge in [0, 0.05) is 5.38 Å². The Labute approximate surface area is 86.8 Å². The zero-order valence-corrected chi connectivity index (χ0v) is 9.04. The molecule has 78 valence electrons. The largest absolute Gasteiger partial charge is 0.481 e. The highest BCUT2D eigenvalue weighted by Crippen LogP contribution is 2.22. The monoisotopic (exact) mass is 214 g/mol. The van der Waals surface area contributed by atoms with Crippen LogP contribution in [0.3, 0.4) is 0 Å². The van der Waals surface area contributed by atoms with E-state index in [0.717, 1.165) is 5.01 Å². The van der Waals surface area contributed by atoms with E-state index in [1.165, 1.54) is 11.3 Å². The van der Waals surface area contributed by atoms with Gasteiger partial charge >= 0.3 is 5.97 Å². The smallest absolute Gasteiger partial charge is 0.309 e. The summed E-state index contributed by atoms with van der Waals surface area (Å²) in [4.78, 5) is 14.6. The highest BCUT2D eigenvalue weighted by atomic mass is 32.1. The highest BCUT2D eigenvalue weighted by Gasteiger charge is 2.15. The van der Waals surface area contributed by atoms with Crippen LogP contribution >= 0.6 is 11.3 Å². The molecule has 0 spiro atoms. The van der Waals surface area contributed by atoms with Gasteiger partial charge in [0.15, 0.2) is 0 Å². The Balaban J connectivity index is 2.72. The molecule has 1 atom stereocenters. The molecule has 14 heavy (non-hydrogen) atoms. The lowest BCUT2D eigenvalue weighted by atomic mass is 10.1. The third-order valence-corrected chi connectivity index (χ3v) is 2.90. The van der Waals surface area contributed by atoms with Gasteiger partial charge in [0.25, 0.3) is 0 Å². The lowest BCUT2D eigenvalue weighted by Crippen LogP contribution is -2.16. The third-order valence-electron chi connectivity index (χ3n) is 1.91. The second-order valence-corrected chi connectivity index (χ2v) is 4.41. The lowest BCUT2D eigenvalue weighted by molar-refractivity contribution is -0.136. The summed E-state index contributed by atoms with van der Waals surface area (Å²) >= 11 is 1.43. The van der Waals surface area contributed by atoms with Crippen LogP contribution in [0.25, 0.3) is 0 Å². The molecule has 1 aromatic heterocycles. The average Bonchev–Trinajstić information content (AvgIpc) is 2.50. The molecule has 0 aliphatic rings. The number of carboxylic acids is 1. The molecule has 4 nitrogen and oxygen atoms in total. The first-order valence-corrected chi connectivity index (χ1v) is 5.30. The van der Waals surface area contributed by atoms with E-state index in [9.17, 15) is 4.79 Å². The van der Waals surface area contributed by atoms with Gasteiger partial charge in [-0.25, -0.2) is 4.98 Å². The van der Waals surface area contributed by atoms with E-state index < -0.39 is 5.97 Å². The van der Waals surface area contributed by atoms with Crippen LogP contribution in [0.15, 0.2) is 5.38 Å². The summed E-state index contributed by atoms with van der Waals surface area (Å²) in [6.07, 6.45) is -0.0265. The van der Waals surface area contributed by atoms with E-state index >= 15 is 0 Å². The number of aromatic nitrogens is 1. The fourth-order valence-corrected chi connectivity index (χ4v) is 1.99. The first-order chi connectivity index (χ1) is 6.50. The molecular formula is C9H14N2O2S. The summed E-state index contributed by atoms with van der Waals surface area (Å²) in [7, 11) is 0. The van der Waals surface area contributed by atoms with Crippen LogP contribution < -0.4 is 5.73 Å². The van der Waals surface area contributed by atoms with Crippen LogP contribution in [0.1, 0.15) is 30.6 Å². The molecule has 0 saturated carbocycles. The SMILES string of the molecule is CC(C)C(N)c1nc(CC(=O)O)cs1. The van der Waals surface area contributed by atoms with Crippen molar-refractivity contribution in [2.45, 2.75) is 26.3 Å². The van der Waals surface area contributed by atoms with Crippen LogP contribution in [0.5, 0.6) is 0 Å². The van der Waals surface area contributed by atoms with E-state index in [1.807, 2.05) is 13.8 Å². The summed E-state index contributed by atoms with van der Waals surface area (Å²) in [6.45, 7) is 4.03. The molecule has 0 radical (unpaired) electrons. The van der Waals surface area contributed by atoms with E-state index in [2.05, 4.69) is 4.98 Å². The van der Waals surface area contributed by atoms with Crippen LogP contribution in [-0.2, 0) is 11.2 Å². The Morgan fingerprint density at radius 3 is 2.86 bits per heavy atom. The predicted octanol–water partition coefficient (Wildman–Crippen LogP) is 1.43. The van der Waals surface area contributed by atoms with Gasteiger partial charge in [-0.3, -0.25) is 4.79 Å². The molecule has 1 heterocycles. The molecule has 0 aromatic carbocycles. The summed E-state index contributed by atoms with van der Waals surface area (Å²) in [5.41, 5.74) is 6.47. The van der Waals surface area contributed by atoms with Crippen molar-refractivity contribution in [2.24, 2.45) is 11.7 Å². The van der Waals surface area contributed by atoms with Gasteiger partial charge < -0.3 is 10.8 Å². The summed E-state index contributed by atoms with van der Waals surface area (Å²) in [5.74, 6) is -0.543. The van der Waals surface area contributed by atoms with Crippen molar-refractivity contribution in [3.8, 4) is 0 Å². The number of rotatable bonds is 4. The van der Waals surface area contributed by atoms with Crippen molar-refractivity contribution >= 4 is 17.3 Å². The van der Waals surface area contributed by atoms with Gasteiger partial charge in [0.05, 0.1) is 18.2 Å². The minimum atomic E-state index is -0.861. The molecule has 0 aliphatic heterocycles. The normalized spacial score (nSPS) is 13.1. The molecular weight excluding hydrogens is 200 g/mol. The van der Waals surface area contributed by atoms with Gasteiger partial charge in [-0.2, -0.15) is 0 Å². The molecule has 0 aliphatic carbocycles. The van der Waals surface area contributed by atoms with E-state index in [4.69, 9.17) is 10.8 Å². The zero-order chi connectivity index (χ0) is 10.7. The molecule has 0 saturated heterocycles. The van der Waals surface area contributed by atoms with Crippen LogP contribution in [0.2, 0.25) is 0 Å². The quantitative estimate of drug-likeness (QED) is 0.794. The molecule has 1 aromatic rings. The summed E-state index contributed by atoms with van der Waals surface area (Å²) in [5, 5.41) is 11.1. The molecule has 5 heteroatoms. The molecule has 0 fully saturated rings. The fraction of sp³-hybridized carbons (Fsp3) is 0.556. The van der Waals surface area contributed by atoms with Crippen molar-refractivity contribution in [3.05, 3.63) is 16.1 Å². The maximum atomic E-state index is 10.4. The standard InChI is InChI=1S/C9H14N2O2S/c1-5(2)8(10)9-11-6(4-14-9)3-7(12)13/h4-5,8H,3,10H2,1-2H3,(H,12,13). The highest BCUT2D eigenvalue weighted by molar-refractivity contribution is 7.09. The maximum Gasteiger partial charge on any atom is 0.309 e. The van der Waals surface area contributed by atoms with Crippen LogP contribution in [-0.4, -0.2) is 16.1 Å². The summed E-state index contributed by atoms with van der Waals surface area (Å²) < 4.78 is 0. The number of hydrogen-bond donors (Lipinski definition) is 2. The van der Waals surface area contributed by atoms with Gasteiger partial charge in [-0.1, -0.05) is 13.8 Å². The number of carbonyl (C=O) groups is 1. The second-order valence-electron chi connectivity index (χ2n) is 3.52. The number of hydrogen-bond acceptors (Lipinski definition) is 4. The van der Waals surface area contributed by atoms with Crippen molar-refractivity contribution in [1.82, 2.24) is 4.98 Å². The van der Waals surface area contributed by atoms with E-state index in [1.54, 1.807) is 5.38 Å². The minimum Gasteiger partial charge on any atom is -0.481 e. The van der Waals surface area contributed by atoms with Gasteiger partial charge in [-0.05, 0) is 5.92 Å². The molecule has 1 rings (SSSR count). The van der Waals surface area contributed by atoms with Crippen molar-refractivity contribution in [2.75, 3.05) is 0 Å². The Morgan fingerprint density at radius 2 is 2.36 bits per heavy atom. The minimum absolute atomic E-state index is 0.0265. The number of nitrogens with zero attached hydrogens (tertiary/aromatic N) is 1. The molecule has 0 amide bonds. The predicted molar refractivity (Wildman–Crippen MR) is 55.2 cm³/mol. The van der Waals surface area contributed by atoms with Gasteiger partial charge in [-0.15, -0.1) is 11.3 Å². The number of carboxylic acid groups (broad SMARTS) is 1. The van der Waals surface area contributed by atoms with Crippen molar-refractivity contribution in [3.63, 3.8) is 0 Å². The zero-order valence-electron chi connectivity index (χ0n) is 8.23. The van der Waals surface area contributed by atoms with E-state index in [0.29, 0.717) is 11.6 Å². The Morgan fingerprint density at radius 1 is 1.71 bits per heavy atom. The average molecular weight is 214 g/mol. The molecule has 0 bridgehead atoms. The van der Waals surface area contributed by atoms with Crippen molar-refractivity contribution in [1.29, 1.82) is 0 Å². The third kappa shape index (κ3) is 2.78. The molecule has 1 unspecified atom stereocenters. The Bertz CT molecular complexity index is 322. The van der Waals surface area contributed by atoms with Gasteiger partial charge in [0.1, 0.15) is 5.01 Å². The van der Waals surface area contributed by atoms with Gasteiger partial charge in [0.2, 0.25) is 0 Å². The fourth-order valence-electron chi connectivity index (χ4n) is 0.997. The topological polar surface area (TPSA) is 76.2 Å². The van der Waals surface area contributed by atoms with Crippen LogP contribution in [0.4, 0.5) is 0 Å². The first-order valence-electron chi connectivity index (χ1n) is 4.42. The second kappa shape index (κ2) is 4.52. The van der Waals surface area contributed by atoms with Crippen LogP contribution in [0, 0.1) is 5.92 Å². The number of thiazole rings is 1. The van der Waals surface area contributed by atoms with Crippen molar-refractivity contribution < 1.29 is 9.90 Å². The first kappa shape index (κ1) is 11.1. The lowest BCUT2D eigenvalue weighted by Gasteiger charge is -2.11. The Kier molecular flexibility index (Phi) is 3.60. The Hall–Kier alpha value is -0.940.